The highest BCUT2D eigenvalue weighted by Gasteiger charge is 2.16. The quantitative estimate of drug-likeness (QED) is 0.429. The Balaban J connectivity index is 0.00000289. The van der Waals surface area contributed by atoms with Gasteiger partial charge in [0.1, 0.15) is 17.1 Å². The lowest BCUT2D eigenvalue weighted by Gasteiger charge is -2.12. The molecule has 0 aliphatic rings. The van der Waals surface area contributed by atoms with E-state index in [0.717, 1.165) is 52.8 Å². The minimum atomic E-state index is -0.934. The first kappa shape index (κ1) is 23.0. The fraction of sp³-hybridized carbons (Fsp3) is 0.231. The summed E-state index contributed by atoms with van der Waals surface area (Å²) < 4.78 is 2.10. The van der Waals surface area contributed by atoms with E-state index in [0.29, 0.717) is 12.1 Å². The first-order chi connectivity index (χ1) is 15.0. The number of rotatable bonds is 7. The molecule has 6 heteroatoms. The van der Waals surface area contributed by atoms with Crippen molar-refractivity contribution in [3.63, 3.8) is 0 Å². The predicted molar refractivity (Wildman–Crippen MR) is 126 cm³/mol. The molecule has 32 heavy (non-hydrogen) atoms. The van der Waals surface area contributed by atoms with Gasteiger partial charge in [-0.15, -0.1) is 0 Å². The zero-order valence-corrected chi connectivity index (χ0v) is 18.3. The van der Waals surface area contributed by atoms with Crippen LogP contribution in [-0.2, 0) is 13.0 Å². The van der Waals surface area contributed by atoms with Crippen LogP contribution in [0, 0.1) is 6.92 Å². The lowest BCUT2D eigenvalue weighted by molar-refractivity contribution is 0.0697. The predicted octanol–water partition coefficient (Wildman–Crippen LogP) is 4.98. The molecular formula is C26H28N2O4. The maximum atomic E-state index is 11.5. The van der Waals surface area contributed by atoms with Crippen LogP contribution in [0.5, 0.6) is 5.75 Å². The Kier molecular flexibility index (Phi) is 6.95. The Hall–Kier alpha value is -3.64. The van der Waals surface area contributed by atoms with E-state index in [1.807, 2.05) is 49.4 Å². The number of hydrogen-bond donors (Lipinski definition) is 2. The van der Waals surface area contributed by atoms with Gasteiger partial charge in [-0.3, -0.25) is 0 Å². The van der Waals surface area contributed by atoms with E-state index in [4.69, 9.17) is 4.98 Å². The third-order valence-electron chi connectivity index (χ3n) is 5.67. The van der Waals surface area contributed by atoms with Crippen LogP contribution in [-0.4, -0.2) is 31.2 Å². The van der Waals surface area contributed by atoms with Crippen molar-refractivity contribution >= 4 is 17.0 Å². The van der Waals surface area contributed by atoms with Crippen molar-refractivity contribution in [2.45, 2.75) is 39.7 Å². The largest absolute Gasteiger partial charge is 0.506 e. The molecule has 0 aliphatic carbocycles. The number of carbonyl (C=O) groups is 1. The molecule has 0 aliphatic heterocycles. The van der Waals surface area contributed by atoms with E-state index in [1.54, 1.807) is 18.2 Å². The Morgan fingerprint density at radius 1 is 1.03 bits per heavy atom. The number of aryl methyl sites for hydroxylation is 2. The highest BCUT2D eigenvalue weighted by molar-refractivity contribution is 5.96. The molecule has 4 aromatic rings. The zero-order chi connectivity index (χ0) is 22.0. The van der Waals surface area contributed by atoms with E-state index in [9.17, 15) is 15.0 Å². The Morgan fingerprint density at radius 3 is 2.44 bits per heavy atom. The fourth-order valence-electron chi connectivity index (χ4n) is 3.99. The van der Waals surface area contributed by atoms with Crippen LogP contribution in [0.25, 0.3) is 22.2 Å². The summed E-state index contributed by atoms with van der Waals surface area (Å²) in [6, 6.07) is 18.6. The number of hydrogen-bond acceptors (Lipinski definition) is 3. The Labute approximate surface area is 187 Å². The number of aromatic nitrogens is 2. The van der Waals surface area contributed by atoms with Gasteiger partial charge in [0.05, 0.1) is 11.1 Å². The molecule has 1 heterocycles. The molecule has 0 bridgehead atoms. The van der Waals surface area contributed by atoms with Crippen molar-refractivity contribution in [1.29, 1.82) is 0 Å². The van der Waals surface area contributed by atoms with Crippen molar-refractivity contribution in [1.82, 2.24) is 9.55 Å². The first-order valence-electron chi connectivity index (χ1n) is 10.6. The third kappa shape index (κ3) is 4.36. The molecule has 6 nitrogen and oxygen atoms in total. The van der Waals surface area contributed by atoms with Gasteiger partial charge in [0.2, 0.25) is 0 Å². The van der Waals surface area contributed by atoms with Gasteiger partial charge in [-0.25, -0.2) is 9.78 Å². The molecule has 0 fully saturated rings. The molecule has 4 rings (SSSR count). The highest BCUT2D eigenvalue weighted by Crippen LogP contribution is 2.30. The maximum Gasteiger partial charge on any atom is 0.336 e. The average molecular weight is 433 g/mol. The molecule has 0 saturated carbocycles. The highest BCUT2D eigenvalue weighted by atomic mass is 16.4. The molecule has 0 spiro atoms. The van der Waals surface area contributed by atoms with Crippen LogP contribution in [0.4, 0.5) is 0 Å². The summed E-state index contributed by atoms with van der Waals surface area (Å²) in [6.45, 7) is 4.76. The Morgan fingerprint density at radius 2 is 1.75 bits per heavy atom. The average Bonchev–Trinajstić information content (AvgIpc) is 3.14. The topological polar surface area (TPSA) is 107 Å². The SMILES string of the molecule is CCCCc1nc2c(C)ccc(O)c2n1Cc1ccc(-c2ccccc2C(=O)O)cc1.O. The number of phenols is 1. The van der Waals surface area contributed by atoms with Crippen molar-refractivity contribution in [2.75, 3.05) is 0 Å². The second-order valence-corrected chi connectivity index (χ2v) is 7.86. The van der Waals surface area contributed by atoms with Crippen LogP contribution in [0.2, 0.25) is 0 Å². The zero-order valence-electron chi connectivity index (χ0n) is 18.3. The number of carboxylic acids is 1. The molecule has 1 aromatic heterocycles. The molecule has 166 valence electrons. The van der Waals surface area contributed by atoms with Gasteiger partial charge >= 0.3 is 5.97 Å². The van der Waals surface area contributed by atoms with Crippen molar-refractivity contribution in [3.05, 3.63) is 83.2 Å². The van der Waals surface area contributed by atoms with Gasteiger partial charge in [-0.05, 0) is 47.7 Å². The molecule has 0 radical (unpaired) electrons. The third-order valence-corrected chi connectivity index (χ3v) is 5.67. The first-order valence-corrected chi connectivity index (χ1v) is 10.6. The number of benzene rings is 3. The second-order valence-electron chi connectivity index (χ2n) is 7.86. The molecule has 0 unspecified atom stereocenters. The van der Waals surface area contributed by atoms with E-state index in [-0.39, 0.29) is 16.8 Å². The van der Waals surface area contributed by atoms with Gasteiger partial charge in [-0.1, -0.05) is 61.9 Å². The minimum absolute atomic E-state index is 0. The molecule has 0 atom stereocenters. The van der Waals surface area contributed by atoms with Crippen LogP contribution in [0.3, 0.4) is 0 Å². The number of phenolic OH excluding ortho intramolecular Hbond substituents is 1. The summed E-state index contributed by atoms with van der Waals surface area (Å²) in [5.41, 5.74) is 5.58. The summed E-state index contributed by atoms with van der Waals surface area (Å²) in [6.07, 6.45) is 2.97. The van der Waals surface area contributed by atoms with E-state index >= 15 is 0 Å². The summed E-state index contributed by atoms with van der Waals surface area (Å²) in [5, 5.41) is 20.0. The maximum absolute atomic E-state index is 11.5. The molecule has 3 aromatic carbocycles. The number of aromatic hydroxyl groups is 1. The number of imidazole rings is 1. The summed E-state index contributed by atoms with van der Waals surface area (Å²) in [4.78, 5) is 16.4. The number of carboxylic acid groups (broad SMARTS) is 1. The van der Waals surface area contributed by atoms with Gasteiger partial charge in [-0.2, -0.15) is 0 Å². The van der Waals surface area contributed by atoms with E-state index in [2.05, 4.69) is 11.5 Å². The summed E-state index contributed by atoms with van der Waals surface area (Å²) in [5.74, 6) is 0.278. The number of fused-ring (bicyclic) bond motifs is 1. The normalized spacial score (nSPS) is 10.8. The van der Waals surface area contributed by atoms with Crippen LogP contribution >= 0.6 is 0 Å². The lowest BCUT2D eigenvalue weighted by Crippen LogP contribution is -2.06. The number of aromatic carboxylic acids is 1. The Bertz CT molecular complexity index is 1240. The summed E-state index contributed by atoms with van der Waals surface area (Å²) >= 11 is 0. The number of unbranched alkanes of at least 4 members (excludes halogenated alkanes) is 1. The van der Waals surface area contributed by atoms with Crippen LogP contribution in [0.15, 0.2) is 60.7 Å². The van der Waals surface area contributed by atoms with Crippen LogP contribution < -0.4 is 0 Å². The van der Waals surface area contributed by atoms with Crippen molar-refractivity contribution < 1.29 is 20.5 Å². The molecular weight excluding hydrogens is 404 g/mol. The van der Waals surface area contributed by atoms with Gasteiger partial charge in [0.15, 0.2) is 0 Å². The molecule has 0 saturated heterocycles. The summed E-state index contributed by atoms with van der Waals surface area (Å²) in [7, 11) is 0. The van der Waals surface area contributed by atoms with Crippen molar-refractivity contribution in [3.8, 4) is 16.9 Å². The standard InChI is InChI=1S/C26H26N2O3.H2O/c1-3-4-9-23-27-24-17(2)10-15-22(29)25(24)28(23)16-18-11-13-19(14-12-18)20-7-5-6-8-21(20)26(30)31;/h5-8,10-15,29H,3-4,9,16H2,1-2H3,(H,30,31);1H2. The minimum Gasteiger partial charge on any atom is -0.506 e. The molecule has 4 N–H and O–H groups in total. The van der Waals surface area contributed by atoms with Gasteiger partial charge in [0, 0.05) is 13.0 Å². The van der Waals surface area contributed by atoms with Gasteiger partial charge in [0.25, 0.3) is 0 Å². The smallest absolute Gasteiger partial charge is 0.336 e. The lowest BCUT2D eigenvalue weighted by atomic mass is 9.99. The van der Waals surface area contributed by atoms with Gasteiger partial charge < -0.3 is 20.3 Å². The van der Waals surface area contributed by atoms with E-state index < -0.39 is 5.97 Å². The monoisotopic (exact) mass is 432 g/mol. The molecule has 0 amide bonds. The van der Waals surface area contributed by atoms with Crippen molar-refractivity contribution in [2.24, 2.45) is 0 Å². The fourth-order valence-corrected chi connectivity index (χ4v) is 3.99. The number of nitrogens with zero attached hydrogens (tertiary/aromatic N) is 2. The van der Waals surface area contributed by atoms with Crippen LogP contribution in [0.1, 0.15) is 47.1 Å². The second kappa shape index (κ2) is 9.66. The van der Waals surface area contributed by atoms with E-state index in [1.165, 1.54) is 0 Å².